The number of benzene rings is 1. The third kappa shape index (κ3) is 2.71. The van der Waals surface area contributed by atoms with E-state index in [4.69, 9.17) is 0 Å². The van der Waals surface area contributed by atoms with Gasteiger partial charge in [0.2, 0.25) is 10.0 Å². The molecule has 5 nitrogen and oxygen atoms in total. The predicted octanol–water partition coefficient (Wildman–Crippen LogP) is 1.84. The lowest BCUT2D eigenvalue weighted by atomic mass is 9.98. The first-order valence-electron chi connectivity index (χ1n) is 6.51. The maximum Gasteiger partial charge on any atom is 0.324 e. The number of rotatable bonds is 5. The molecule has 1 aliphatic carbocycles. The molecule has 1 fully saturated rings. The highest BCUT2D eigenvalue weighted by Gasteiger charge is 2.50. The van der Waals surface area contributed by atoms with Gasteiger partial charge in [0.05, 0.1) is 4.90 Å². The topological polar surface area (TPSA) is 83.5 Å². The standard InChI is InChI=1S/C14H19NO4S/c1-9-4-5-10(2)12(8-9)20(18,19)15-14(3,13(16)17)11-6-7-11/h4-5,8,11,15H,6-7H2,1-3H3,(H,16,17). The fourth-order valence-electron chi connectivity index (χ4n) is 2.29. The van der Waals surface area contributed by atoms with Gasteiger partial charge in [0.15, 0.2) is 0 Å². The Hall–Kier alpha value is -1.40. The Morgan fingerprint density at radius 1 is 1.35 bits per heavy atom. The zero-order valence-electron chi connectivity index (χ0n) is 11.8. The van der Waals surface area contributed by atoms with Crippen LogP contribution in [0.1, 0.15) is 30.9 Å². The van der Waals surface area contributed by atoms with E-state index in [0.717, 1.165) is 18.4 Å². The van der Waals surface area contributed by atoms with Crippen molar-refractivity contribution in [2.75, 3.05) is 0 Å². The van der Waals surface area contributed by atoms with Gasteiger partial charge in [-0.2, -0.15) is 4.72 Å². The van der Waals surface area contributed by atoms with Gasteiger partial charge in [-0.1, -0.05) is 12.1 Å². The molecule has 1 unspecified atom stereocenters. The number of aryl methyl sites for hydroxylation is 2. The van der Waals surface area contributed by atoms with Crippen molar-refractivity contribution in [3.63, 3.8) is 0 Å². The van der Waals surface area contributed by atoms with Crippen LogP contribution in [0.4, 0.5) is 0 Å². The number of hydrogen-bond acceptors (Lipinski definition) is 3. The van der Waals surface area contributed by atoms with E-state index in [1.165, 1.54) is 6.92 Å². The molecule has 110 valence electrons. The van der Waals surface area contributed by atoms with Crippen LogP contribution >= 0.6 is 0 Å². The van der Waals surface area contributed by atoms with Crippen LogP contribution in [0, 0.1) is 19.8 Å². The van der Waals surface area contributed by atoms with Crippen LogP contribution in [-0.2, 0) is 14.8 Å². The molecule has 0 amide bonds. The van der Waals surface area contributed by atoms with Gasteiger partial charge in [0.25, 0.3) is 0 Å². The van der Waals surface area contributed by atoms with E-state index in [9.17, 15) is 18.3 Å². The van der Waals surface area contributed by atoms with Crippen molar-refractivity contribution in [2.24, 2.45) is 5.92 Å². The highest BCUT2D eigenvalue weighted by atomic mass is 32.2. The molecule has 1 atom stereocenters. The Kier molecular flexibility index (Phi) is 3.64. The van der Waals surface area contributed by atoms with E-state index < -0.39 is 21.5 Å². The van der Waals surface area contributed by atoms with Gasteiger partial charge in [-0.25, -0.2) is 8.42 Å². The van der Waals surface area contributed by atoms with Gasteiger partial charge < -0.3 is 5.11 Å². The molecule has 2 N–H and O–H groups in total. The lowest BCUT2D eigenvalue weighted by Crippen LogP contribution is -2.53. The zero-order valence-corrected chi connectivity index (χ0v) is 12.6. The third-order valence-electron chi connectivity index (χ3n) is 3.82. The predicted molar refractivity (Wildman–Crippen MR) is 75.0 cm³/mol. The summed E-state index contributed by atoms with van der Waals surface area (Å²) in [6.07, 6.45) is 1.47. The molecule has 0 spiro atoms. The van der Waals surface area contributed by atoms with E-state index in [1.807, 2.05) is 6.07 Å². The van der Waals surface area contributed by atoms with Gasteiger partial charge in [-0.05, 0) is 56.7 Å². The lowest BCUT2D eigenvalue weighted by molar-refractivity contribution is -0.144. The molecule has 2 rings (SSSR count). The molecule has 20 heavy (non-hydrogen) atoms. The van der Waals surface area contributed by atoms with Crippen LogP contribution in [0.15, 0.2) is 23.1 Å². The van der Waals surface area contributed by atoms with Gasteiger partial charge in [0, 0.05) is 0 Å². The first kappa shape index (κ1) is 15.0. The highest BCUT2D eigenvalue weighted by molar-refractivity contribution is 7.89. The van der Waals surface area contributed by atoms with Crippen molar-refractivity contribution in [1.29, 1.82) is 0 Å². The van der Waals surface area contributed by atoms with E-state index in [1.54, 1.807) is 26.0 Å². The first-order chi connectivity index (χ1) is 9.17. The van der Waals surface area contributed by atoms with Crippen molar-refractivity contribution in [3.8, 4) is 0 Å². The number of hydrogen-bond donors (Lipinski definition) is 2. The van der Waals surface area contributed by atoms with Crippen LogP contribution in [0.5, 0.6) is 0 Å². The Bertz CT molecular complexity index is 649. The summed E-state index contributed by atoms with van der Waals surface area (Å²) >= 11 is 0. The largest absolute Gasteiger partial charge is 0.480 e. The van der Waals surface area contributed by atoms with Gasteiger partial charge in [0.1, 0.15) is 5.54 Å². The summed E-state index contributed by atoms with van der Waals surface area (Å²) in [5, 5.41) is 9.35. The molecule has 6 heteroatoms. The fourth-order valence-corrected chi connectivity index (χ4v) is 4.05. The molecule has 0 bridgehead atoms. The quantitative estimate of drug-likeness (QED) is 0.868. The third-order valence-corrected chi connectivity index (χ3v) is 5.53. The smallest absolute Gasteiger partial charge is 0.324 e. The molecule has 0 saturated heterocycles. The molecule has 0 heterocycles. The van der Waals surface area contributed by atoms with Crippen LogP contribution in [0.3, 0.4) is 0 Å². The highest BCUT2D eigenvalue weighted by Crippen LogP contribution is 2.40. The summed E-state index contributed by atoms with van der Waals surface area (Å²) in [6, 6.07) is 5.11. The summed E-state index contributed by atoms with van der Waals surface area (Å²) in [4.78, 5) is 11.6. The Morgan fingerprint density at radius 2 is 1.95 bits per heavy atom. The Labute approximate surface area is 119 Å². The number of carbonyl (C=O) groups is 1. The van der Waals surface area contributed by atoms with Crippen molar-refractivity contribution >= 4 is 16.0 Å². The maximum absolute atomic E-state index is 12.5. The molecule has 0 aliphatic heterocycles. The fraction of sp³-hybridized carbons (Fsp3) is 0.500. The maximum atomic E-state index is 12.5. The second-order valence-electron chi connectivity index (χ2n) is 5.66. The molecular formula is C14H19NO4S. The first-order valence-corrected chi connectivity index (χ1v) is 8.00. The van der Waals surface area contributed by atoms with Crippen molar-refractivity contribution in [3.05, 3.63) is 29.3 Å². The van der Waals surface area contributed by atoms with E-state index in [-0.39, 0.29) is 10.8 Å². The average Bonchev–Trinajstić information content (AvgIpc) is 3.15. The normalized spacial score (nSPS) is 18.6. The van der Waals surface area contributed by atoms with Crippen molar-refractivity contribution in [2.45, 2.75) is 44.0 Å². The van der Waals surface area contributed by atoms with Crippen LogP contribution < -0.4 is 4.72 Å². The molecule has 0 radical (unpaired) electrons. The minimum absolute atomic E-state index is 0.139. The summed E-state index contributed by atoms with van der Waals surface area (Å²) in [5.74, 6) is -1.27. The SMILES string of the molecule is Cc1ccc(C)c(S(=O)(=O)NC(C)(C(=O)O)C2CC2)c1. The number of nitrogens with one attached hydrogen (secondary N) is 1. The average molecular weight is 297 g/mol. The molecule has 1 aliphatic rings. The van der Waals surface area contributed by atoms with E-state index in [0.29, 0.717) is 5.56 Å². The van der Waals surface area contributed by atoms with Crippen LogP contribution in [0.25, 0.3) is 0 Å². The molecular weight excluding hydrogens is 278 g/mol. The van der Waals surface area contributed by atoms with Gasteiger partial charge in [-0.15, -0.1) is 0 Å². The molecule has 1 saturated carbocycles. The van der Waals surface area contributed by atoms with Crippen LogP contribution in [-0.4, -0.2) is 25.0 Å². The molecule has 1 aromatic carbocycles. The second kappa shape index (κ2) is 4.86. The minimum atomic E-state index is -3.85. The monoisotopic (exact) mass is 297 g/mol. The lowest BCUT2D eigenvalue weighted by Gasteiger charge is -2.26. The van der Waals surface area contributed by atoms with Crippen molar-refractivity contribution in [1.82, 2.24) is 4.72 Å². The zero-order chi connectivity index (χ0) is 15.1. The second-order valence-corrected chi connectivity index (χ2v) is 7.31. The summed E-state index contributed by atoms with van der Waals surface area (Å²) in [7, 11) is -3.85. The van der Waals surface area contributed by atoms with Gasteiger partial charge >= 0.3 is 5.97 Å². The summed E-state index contributed by atoms with van der Waals surface area (Å²) in [6.45, 7) is 4.94. The van der Waals surface area contributed by atoms with E-state index in [2.05, 4.69) is 4.72 Å². The van der Waals surface area contributed by atoms with E-state index >= 15 is 0 Å². The number of aliphatic carboxylic acids is 1. The minimum Gasteiger partial charge on any atom is -0.480 e. The summed E-state index contributed by atoms with van der Waals surface area (Å²) in [5.41, 5.74) is -0.0132. The molecule has 1 aromatic rings. The number of carboxylic acids is 1. The Balaban J connectivity index is 2.40. The van der Waals surface area contributed by atoms with Gasteiger partial charge in [-0.3, -0.25) is 4.79 Å². The van der Waals surface area contributed by atoms with Crippen molar-refractivity contribution < 1.29 is 18.3 Å². The number of sulfonamides is 1. The van der Waals surface area contributed by atoms with Crippen LogP contribution in [0.2, 0.25) is 0 Å². The number of carboxylic acid groups (broad SMARTS) is 1. The summed E-state index contributed by atoms with van der Waals surface area (Å²) < 4.78 is 27.4. The Morgan fingerprint density at radius 3 is 2.45 bits per heavy atom. The molecule has 0 aromatic heterocycles.